The third-order valence-electron chi connectivity index (χ3n) is 2.21. The van der Waals surface area contributed by atoms with Crippen LogP contribution in [0.2, 0.25) is 0 Å². The van der Waals surface area contributed by atoms with Gasteiger partial charge < -0.3 is 5.73 Å². The molecule has 1 aromatic rings. The van der Waals surface area contributed by atoms with E-state index in [0.717, 1.165) is 0 Å². The second-order valence-corrected chi connectivity index (χ2v) is 7.97. The number of halogens is 1. The molecule has 0 atom stereocenters. The molecule has 19 heavy (non-hydrogen) atoms. The number of hydrogen-bond acceptors (Lipinski definition) is 5. The van der Waals surface area contributed by atoms with Gasteiger partial charge in [-0.2, -0.15) is 0 Å². The van der Waals surface area contributed by atoms with Crippen LogP contribution in [0.25, 0.3) is 0 Å². The fourth-order valence-electron chi connectivity index (χ4n) is 1.62. The van der Waals surface area contributed by atoms with E-state index in [0.29, 0.717) is 10.0 Å². The predicted molar refractivity (Wildman–Crippen MR) is 76.6 cm³/mol. The van der Waals surface area contributed by atoms with E-state index >= 15 is 0 Å². The van der Waals surface area contributed by atoms with E-state index in [9.17, 15) is 18.5 Å². The lowest BCUT2D eigenvalue weighted by atomic mass is 10.1. The Hall–Kier alpha value is -0.990. The Morgan fingerprint density at radius 1 is 1.42 bits per heavy atom. The molecule has 0 bridgehead atoms. The number of hydrogen-bond donors (Lipinski definition) is 1. The van der Waals surface area contributed by atoms with Crippen LogP contribution >= 0.6 is 15.9 Å². The van der Waals surface area contributed by atoms with Gasteiger partial charge in [0.15, 0.2) is 9.84 Å². The molecule has 0 saturated carbocycles. The van der Waals surface area contributed by atoms with E-state index in [1.54, 1.807) is 13.8 Å². The highest BCUT2D eigenvalue weighted by atomic mass is 79.9. The number of sulfone groups is 1. The quantitative estimate of drug-likeness (QED) is 0.646. The van der Waals surface area contributed by atoms with Gasteiger partial charge in [0.1, 0.15) is 0 Å². The van der Waals surface area contributed by atoms with Crippen molar-refractivity contribution in [3.8, 4) is 0 Å². The largest absolute Gasteiger partial charge is 0.325 e. The molecule has 0 fully saturated rings. The first kappa shape index (κ1) is 16.1. The molecule has 0 aliphatic carbocycles. The maximum absolute atomic E-state index is 12.0. The molecule has 0 heterocycles. The number of benzene rings is 1. The van der Waals surface area contributed by atoms with Gasteiger partial charge in [0.05, 0.1) is 16.4 Å². The maximum Gasteiger partial charge on any atom is 0.270 e. The van der Waals surface area contributed by atoms with Gasteiger partial charge in [-0.3, -0.25) is 10.1 Å². The molecule has 0 saturated heterocycles. The highest BCUT2D eigenvalue weighted by Crippen LogP contribution is 2.25. The number of nitrogens with two attached hydrogens (primary N) is 1. The lowest BCUT2D eigenvalue weighted by molar-refractivity contribution is -0.384. The number of nitrogens with zero attached hydrogens (tertiary/aromatic N) is 1. The van der Waals surface area contributed by atoms with Crippen LogP contribution in [0.1, 0.15) is 19.4 Å². The summed E-state index contributed by atoms with van der Waals surface area (Å²) in [6.45, 7) is 3.27. The van der Waals surface area contributed by atoms with Crippen LogP contribution in [0, 0.1) is 10.1 Å². The Kier molecular flexibility index (Phi) is 4.70. The summed E-state index contributed by atoms with van der Waals surface area (Å²) in [5, 5.41) is 10.6. The third-order valence-corrected chi connectivity index (χ3v) is 4.89. The zero-order valence-corrected chi connectivity index (χ0v) is 13.0. The van der Waals surface area contributed by atoms with Gasteiger partial charge in [-0.1, -0.05) is 22.0 Å². The Bertz CT molecular complexity index is 593. The molecule has 1 rings (SSSR count). The molecule has 0 radical (unpaired) electrons. The second-order valence-electron chi connectivity index (χ2n) is 5.05. The maximum atomic E-state index is 12.0. The van der Waals surface area contributed by atoms with Crippen molar-refractivity contribution in [2.45, 2.75) is 25.1 Å². The van der Waals surface area contributed by atoms with Crippen molar-refractivity contribution in [1.29, 1.82) is 0 Å². The minimum atomic E-state index is -3.37. The van der Waals surface area contributed by atoms with E-state index in [2.05, 4.69) is 15.9 Å². The molecule has 6 nitrogen and oxygen atoms in total. The molecule has 8 heteroatoms. The smallest absolute Gasteiger partial charge is 0.270 e. The van der Waals surface area contributed by atoms with Crippen LogP contribution in [-0.4, -0.2) is 24.6 Å². The third kappa shape index (κ3) is 5.25. The minimum absolute atomic E-state index is 0.0906. The standard InChI is InChI=1S/C11H15BrN2O4S/c1-11(2,13)7-19(17,18)6-8-3-4-9(14(15)16)5-10(8)12/h3-5H,6-7,13H2,1-2H3. The summed E-state index contributed by atoms with van der Waals surface area (Å²) in [7, 11) is -3.37. The minimum Gasteiger partial charge on any atom is -0.325 e. The molecule has 106 valence electrons. The van der Waals surface area contributed by atoms with Crippen LogP contribution in [0.5, 0.6) is 0 Å². The lowest BCUT2D eigenvalue weighted by Gasteiger charge is -2.18. The van der Waals surface area contributed by atoms with Gasteiger partial charge in [0.2, 0.25) is 0 Å². The summed E-state index contributed by atoms with van der Waals surface area (Å²) in [5.41, 5.74) is 5.27. The molecule has 0 aliphatic heterocycles. The van der Waals surface area contributed by atoms with Gasteiger partial charge in [-0.15, -0.1) is 0 Å². The van der Waals surface area contributed by atoms with E-state index in [1.165, 1.54) is 18.2 Å². The number of nitro benzene ring substituents is 1. The first-order valence-corrected chi connectivity index (χ1v) is 8.04. The first-order chi connectivity index (χ1) is 8.50. The molecule has 0 unspecified atom stereocenters. The SMILES string of the molecule is CC(C)(N)CS(=O)(=O)Cc1ccc([N+](=O)[O-])cc1Br. The molecule has 0 amide bonds. The van der Waals surface area contributed by atoms with Crippen LogP contribution < -0.4 is 5.73 Å². The average Bonchev–Trinajstić information content (AvgIpc) is 2.16. The Morgan fingerprint density at radius 2 is 2.00 bits per heavy atom. The number of rotatable bonds is 5. The Labute approximate surface area is 120 Å². The number of non-ortho nitro benzene ring substituents is 1. The van der Waals surface area contributed by atoms with Gasteiger partial charge in [0, 0.05) is 22.1 Å². The van der Waals surface area contributed by atoms with Gasteiger partial charge in [-0.25, -0.2) is 8.42 Å². The van der Waals surface area contributed by atoms with Gasteiger partial charge >= 0.3 is 0 Å². The van der Waals surface area contributed by atoms with Crippen molar-refractivity contribution < 1.29 is 13.3 Å². The molecular weight excluding hydrogens is 336 g/mol. The zero-order valence-electron chi connectivity index (χ0n) is 10.6. The normalized spacial score (nSPS) is 12.4. The lowest BCUT2D eigenvalue weighted by Crippen LogP contribution is -2.40. The van der Waals surface area contributed by atoms with E-state index in [4.69, 9.17) is 5.73 Å². The van der Waals surface area contributed by atoms with Crippen molar-refractivity contribution in [2.24, 2.45) is 5.73 Å². The Balaban J connectivity index is 2.98. The summed E-state index contributed by atoms with van der Waals surface area (Å²) in [4.78, 5) is 10.1. The Morgan fingerprint density at radius 3 is 2.42 bits per heavy atom. The van der Waals surface area contributed by atoms with Crippen LogP contribution in [0.3, 0.4) is 0 Å². The van der Waals surface area contributed by atoms with Crippen molar-refractivity contribution in [2.75, 3.05) is 5.75 Å². The molecular formula is C11H15BrN2O4S. The molecule has 0 spiro atoms. The van der Waals surface area contributed by atoms with Crippen LogP contribution in [-0.2, 0) is 15.6 Å². The van der Waals surface area contributed by atoms with Crippen molar-refractivity contribution in [3.05, 3.63) is 38.3 Å². The fraction of sp³-hybridized carbons (Fsp3) is 0.455. The summed E-state index contributed by atoms with van der Waals surface area (Å²) < 4.78 is 24.3. The monoisotopic (exact) mass is 350 g/mol. The van der Waals surface area contributed by atoms with Gasteiger partial charge in [-0.05, 0) is 19.4 Å². The molecule has 1 aromatic carbocycles. The summed E-state index contributed by atoms with van der Waals surface area (Å²) in [6, 6.07) is 4.00. The number of nitro groups is 1. The molecule has 0 aromatic heterocycles. The summed E-state index contributed by atoms with van der Waals surface area (Å²) in [5.74, 6) is -0.352. The van der Waals surface area contributed by atoms with E-state index in [1.807, 2.05) is 0 Å². The van der Waals surface area contributed by atoms with Crippen molar-refractivity contribution in [3.63, 3.8) is 0 Å². The molecule has 2 N–H and O–H groups in total. The fourth-order valence-corrected chi connectivity index (χ4v) is 4.28. The van der Waals surface area contributed by atoms with Crippen LogP contribution in [0.15, 0.2) is 22.7 Å². The van der Waals surface area contributed by atoms with E-state index < -0.39 is 20.3 Å². The highest BCUT2D eigenvalue weighted by Gasteiger charge is 2.23. The predicted octanol–water partition coefficient (Wildman–Crippen LogP) is 2.01. The van der Waals surface area contributed by atoms with Crippen molar-refractivity contribution in [1.82, 2.24) is 0 Å². The zero-order chi connectivity index (χ0) is 14.8. The van der Waals surface area contributed by atoms with Gasteiger partial charge in [0.25, 0.3) is 5.69 Å². The second kappa shape index (κ2) is 5.56. The van der Waals surface area contributed by atoms with Crippen molar-refractivity contribution >= 4 is 31.5 Å². The topological polar surface area (TPSA) is 103 Å². The molecule has 0 aliphatic rings. The van der Waals surface area contributed by atoms with Crippen LogP contribution in [0.4, 0.5) is 5.69 Å². The highest BCUT2D eigenvalue weighted by molar-refractivity contribution is 9.10. The first-order valence-electron chi connectivity index (χ1n) is 5.42. The van der Waals surface area contributed by atoms with E-state index in [-0.39, 0.29) is 17.2 Å². The summed E-state index contributed by atoms with van der Waals surface area (Å²) in [6.07, 6.45) is 0. The average molecular weight is 351 g/mol. The summed E-state index contributed by atoms with van der Waals surface area (Å²) >= 11 is 3.15.